The van der Waals surface area contributed by atoms with Gasteiger partial charge in [-0.15, -0.1) is 0 Å². The number of ether oxygens (including phenoxy) is 3. The third kappa shape index (κ3) is 4.13. The Bertz CT molecular complexity index is 731. The van der Waals surface area contributed by atoms with Crippen molar-refractivity contribution in [2.75, 3.05) is 7.11 Å². The maximum absolute atomic E-state index is 13.9. The van der Waals surface area contributed by atoms with E-state index in [1.54, 1.807) is 24.3 Å². The summed E-state index contributed by atoms with van der Waals surface area (Å²) in [6.07, 6.45) is -0.870. The van der Waals surface area contributed by atoms with Crippen molar-refractivity contribution in [1.82, 2.24) is 0 Å². The molecule has 2 rings (SSSR count). The lowest BCUT2D eigenvalue weighted by molar-refractivity contribution is 0.120. The van der Waals surface area contributed by atoms with Gasteiger partial charge in [0.05, 0.1) is 17.7 Å². The zero-order valence-electron chi connectivity index (χ0n) is 13.0. The minimum atomic E-state index is -0.870. The van der Waals surface area contributed by atoms with Crippen LogP contribution in [0.5, 0.6) is 11.5 Å². The molecule has 0 saturated carbocycles. The SMILES string of the molecule is COC(=O)Oc1cccc(Cl)c1COc1cc(C)c(C)cc1F. The summed E-state index contributed by atoms with van der Waals surface area (Å²) in [7, 11) is 1.20. The predicted octanol–water partition coefficient (Wildman–Crippen LogP) is 4.82. The van der Waals surface area contributed by atoms with Gasteiger partial charge in [-0.05, 0) is 49.2 Å². The minimum absolute atomic E-state index is 0.0502. The second-order valence-corrected chi connectivity index (χ2v) is 5.34. The van der Waals surface area contributed by atoms with Gasteiger partial charge in [-0.3, -0.25) is 0 Å². The number of benzene rings is 2. The molecule has 0 radical (unpaired) electrons. The van der Waals surface area contributed by atoms with Crippen molar-refractivity contribution in [3.63, 3.8) is 0 Å². The minimum Gasteiger partial charge on any atom is -0.486 e. The van der Waals surface area contributed by atoms with Crippen LogP contribution in [0.15, 0.2) is 30.3 Å². The van der Waals surface area contributed by atoms with E-state index in [9.17, 15) is 9.18 Å². The Kier molecular flexibility index (Phi) is 5.45. The lowest BCUT2D eigenvalue weighted by atomic mass is 10.1. The number of hydrogen-bond acceptors (Lipinski definition) is 4. The molecular weight excluding hydrogens is 323 g/mol. The van der Waals surface area contributed by atoms with E-state index in [0.29, 0.717) is 10.6 Å². The first-order chi connectivity index (χ1) is 10.9. The summed E-state index contributed by atoms with van der Waals surface area (Å²) >= 11 is 6.11. The van der Waals surface area contributed by atoms with Crippen LogP contribution in [0.25, 0.3) is 0 Å². The number of rotatable bonds is 4. The second-order valence-electron chi connectivity index (χ2n) is 4.93. The van der Waals surface area contributed by atoms with Gasteiger partial charge < -0.3 is 14.2 Å². The van der Waals surface area contributed by atoms with Crippen LogP contribution in [-0.2, 0) is 11.3 Å². The van der Waals surface area contributed by atoms with E-state index in [-0.39, 0.29) is 18.1 Å². The van der Waals surface area contributed by atoms with E-state index in [4.69, 9.17) is 21.1 Å². The fraction of sp³-hybridized carbons (Fsp3) is 0.235. The molecule has 6 heteroatoms. The second kappa shape index (κ2) is 7.33. The Morgan fingerprint density at radius 3 is 2.57 bits per heavy atom. The molecule has 0 spiro atoms. The van der Waals surface area contributed by atoms with E-state index >= 15 is 0 Å². The maximum atomic E-state index is 13.9. The van der Waals surface area contributed by atoms with Crippen molar-refractivity contribution in [2.45, 2.75) is 20.5 Å². The first-order valence-electron chi connectivity index (χ1n) is 6.85. The van der Waals surface area contributed by atoms with Crippen molar-refractivity contribution >= 4 is 17.8 Å². The summed E-state index contributed by atoms with van der Waals surface area (Å²) in [6, 6.07) is 7.82. The molecule has 0 unspecified atom stereocenters. The van der Waals surface area contributed by atoms with Crippen molar-refractivity contribution in [3.05, 3.63) is 57.9 Å². The summed E-state index contributed by atoms with van der Waals surface area (Å²) in [5.41, 5.74) is 2.17. The van der Waals surface area contributed by atoms with E-state index < -0.39 is 12.0 Å². The van der Waals surface area contributed by atoms with Crippen molar-refractivity contribution in [3.8, 4) is 11.5 Å². The molecule has 0 saturated heterocycles. The van der Waals surface area contributed by atoms with Crippen LogP contribution in [0.4, 0.5) is 9.18 Å². The van der Waals surface area contributed by atoms with Crippen LogP contribution in [0.1, 0.15) is 16.7 Å². The Hall–Kier alpha value is -2.27. The number of methoxy groups -OCH3 is 1. The van der Waals surface area contributed by atoms with Crippen molar-refractivity contribution < 1.29 is 23.4 Å². The molecule has 4 nitrogen and oxygen atoms in total. The molecule has 23 heavy (non-hydrogen) atoms. The smallest absolute Gasteiger partial charge is 0.486 e. The summed E-state index contributed by atoms with van der Waals surface area (Å²) in [5.74, 6) is -0.152. The van der Waals surface area contributed by atoms with Gasteiger partial charge in [0.25, 0.3) is 0 Å². The Morgan fingerprint density at radius 2 is 1.87 bits per heavy atom. The third-order valence-corrected chi connectivity index (χ3v) is 3.71. The molecule has 0 amide bonds. The highest BCUT2D eigenvalue weighted by Crippen LogP contribution is 2.29. The van der Waals surface area contributed by atoms with Gasteiger partial charge in [-0.25, -0.2) is 9.18 Å². The van der Waals surface area contributed by atoms with Crippen molar-refractivity contribution in [1.29, 1.82) is 0 Å². The zero-order valence-corrected chi connectivity index (χ0v) is 13.7. The average Bonchev–Trinajstić information content (AvgIpc) is 2.51. The fourth-order valence-electron chi connectivity index (χ4n) is 1.92. The Labute approximate surface area is 138 Å². The highest BCUT2D eigenvalue weighted by atomic mass is 35.5. The highest BCUT2D eigenvalue weighted by molar-refractivity contribution is 6.31. The molecule has 122 valence electrons. The van der Waals surface area contributed by atoms with E-state index in [1.807, 2.05) is 13.8 Å². The molecule has 0 atom stereocenters. The van der Waals surface area contributed by atoms with Gasteiger partial charge in [0, 0.05) is 0 Å². The van der Waals surface area contributed by atoms with Gasteiger partial charge in [-0.2, -0.15) is 0 Å². The lowest BCUT2D eigenvalue weighted by Gasteiger charge is -2.13. The lowest BCUT2D eigenvalue weighted by Crippen LogP contribution is -2.10. The standard InChI is InChI=1S/C17H16ClFO4/c1-10-7-14(19)16(8-11(10)2)22-9-12-13(18)5-4-6-15(12)23-17(20)21-3/h4-8H,9H2,1-3H3. The Balaban J connectivity index is 2.23. The van der Waals surface area contributed by atoms with Crippen molar-refractivity contribution in [2.24, 2.45) is 0 Å². The average molecular weight is 339 g/mol. The van der Waals surface area contributed by atoms with Crippen LogP contribution < -0.4 is 9.47 Å². The van der Waals surface area contributed by atoms with Crippen LogP contribution in [0.3, 0.4) is 0 Å². The molecule has 0 aliphatic rings. The Morgan fingerprint density at radius 1 is 1.17 bits per heavy atom. The summed E-state index contributed by atoms with van der Waals surface area (Å²) in [5, 5.41) is 0.343. The normalized spacial score (nSPS) is 10.3. The summed E-state index contributed by atoms with van der Waals surface area (Å²) < 4.78 is 28.9. The molecular formula is C17H16ClFO4. The predicted molar refractivity (Wildman–Crippen MR) is 84.7 cm³/mol. The van der Waals surface area contributed by atoms with Gasteiger partial charge in [-0.1, -0.05) is 17.7 Å². The number of aryl methyl sites for hydroxylation is 2. The number of halogens is 2. The molecule has 0 N–H and O–H groups in total. The monoisotopic (exact) mass is 338 g/mol. The molecule has 2 aromatic rings. The molecule has 0 heterocycles. The maximum Gasteiger partial charge on any atom is 0.513 e. The fourth-order valence-corrected chi connectivity index (χ4v) is 2.14. The molecule has 0 aliphatic heterocycles. The van der Waals surface area contributed by atoms with E-state index in [2.05, 4.69) is 4.74 Å². The topological polar surface area (TPSA) is 44.8 Å². The number of carbonyl (C=O) groups excluding carboxylic acids is 1. The first kappa shape index (κ1) is 17.1. The number of carbonyl (C=O) groups is 1. The third-order valence-electron chi connectivity index (χ3n) is 3.36. The van der Waals surface area contributed by atoms with Crippen LogP contribution in [0.2, 0.25) is 5.02 Å². The van der Waals surface area contributed by atoms with Crippen LogP contribution in [-0.4, -0.2) is 13.3 Å². The van der Waals surface area contributed by atoms with Gasteiger partial charge in [0.15, 0.2) is 11.6 Å². The van der Waals surface area contributed by atoms with Gasteiger partial charge >= 0.3 is 6.16 Å². The molecule has 0 aromatic heterocycles. The van der Waals surface area contributed by atoms with Gasteiger partial charge in [0.1, 0.15) is 12.4 Å². The van der Waals surface area contributed by atoms with E-state index in [0.717, 1.165) is 11.1 Å². The molecule has 0 fully saturated rings. The molecule has 0 aliphatic carbocycles. The van der Waals surface area contributed by atoms with Crippen LogP contribution >= 0.6 is 11.6 Å². The largest absolute Gasteiger partial charge is 0.513 e. The van der Waals surface area contributed by atoms with Crippen LogP contribution in [0, 0.1) is 19.7 Å². The zero-order chi connectivity index (χ0) is 17.0. The molecule has 0 bridgehead atoms. The summed E-state index contributed by atoms with van der Waals surface area (Å²) in [4.78, 5) is 11.3. The highest BCUT2D eigenvalue weighted by Gasteiger charge is 2.14. The summed E-state index contributed by atoms with van der Waals surface area (Å²) in [6.45, 7) is 3.63. The van der Waals surface area contributed by atoms with Gasteiger partial charge in [0.2, 0.25) is 0 Å². The quantitative estimate of drug-likeness (QED) is 0.592. The van der Waals surface area contributed by atoms with E-state index in [1.165, 1.54) is 13.2 Å². The first-order valence-corrected chi connectivity index (χ1v) is 7.23. The number of hydrogen-bond donors (Lipinski definition) is 0. The molecule has 2 aromatic carbocycles.